The predicted molar refractivity (Wildman–Crippen MR) is 52.2 cm³/mol. The van der Waals surface area contributed by atoms with Crippen LogP contribution in [0.1, 0.15) is 31.9 Å². The zero-order chi connectivity index (χ0) is 8.27. The molecule has 0 atom stereocenters. The van der Waals surface area contributed by atoms with Crippen molar-refractivity contribution in [1.29, 1.82) is 0 Å². The molecule has 1 aromatic rings. The summed E-state index contributed by atoms with van der Waals surface area (Å²) in [7, 11) is 0. The summed E-state index contributed by atoms with van der Waals surface area (Å²) in [5.41, 5.74) is 3.11. The summed E-state index contributed by atoms with van der Waals surface area (Å²) >= 11 is 1.83. The van der Waals surface area contributed by atoms with Crippen molar-refractivity contribution in [3.8, 4) is 0 Å². The van der Waals surface area contributed by atoms with Gasteiger partial charge < -0.3 is 0 Å². The van der Waals surface area contributed by atoms with Gasteiger partial charge in [0, 0.05) is 0 Å². The first-order valence-corrected chi connectivity index (χ1v) is 5.22. The lowest BCUT2D eigenvalue weighted by Crippen LogP contribution is -1.94. The van der Waals surface area contributed by atoms with E-state index in [1.807, 2.05) is 11.3 Å². The maximum atomic E-state index is 2.29. The largest absolute Gasteiger partial charge is 0.152 e. The first-order valence-electron chi connectivity index (χ1n) is 4.28. The smallest absolute Gasteiger partial charge is 0.00583 e. The average Bonchev–Trinajstić information content (AvgIpc) is 2.34. The van der Waals surface area contributed by atoms with E-state index >= 15 is 0 Å². The fourth-order valence-electron chi connectivity index (χ4n) is 1.28. The van der Waals surface area contributed by atoms with Gasteiger partial charge in [0.15, 0.2) is 0 Å². The van der Waals surface area contributed by atoms with Crippen molar-refractivity contribution in [2.75, 3.05) is 0 Å². The van der Waals surface area contributed by atoms with Gasteiger partial charge in [-0.2, -0.15) is 11.3 Å². The molecule has 0 N–H and O–H groups in total. The summed E-state index contributed by atoms with van der Waals surface area (Å²) in [5, 5.41) is 4.57. The van der Waals surface area contributed by atoms with Crippen molar-refractivity contribution in [3.63, 3.8) is 0 Å². The van der Waals surface area contributed by atoms with E-state index in [0.717, 1.165) is 5.92 Å². The second kappa shape index (κ2) is 3.91. The highest BCUT2D eigenvalue weighted by atomic mass is 32.1. The third kappa shape index (κ3) is 2.33. The van der Waals surface area contributed by atoms with Crippen LogP contribution < -0.4 is 0 Å². The van der Waals surface area contributed by atoms with E-state index in [0.29, 0.717) is 0 Å². The topological polar surface area (TPSA) is 0 Å². The Labute approximate surface area is 73.3 Å². The highest BCUT2D eigenvalue weighted by Gasteiger charge is 2.03. The molecule has 62 valence electrons. The Kier molecular flexibility index (Phi) is 3.13. The number of aryl methyl sites for hydroxylation is 1. The van der Waals surface area contributed by atoms with Crippen molar-refractivity contribution >= 4 is 11.3 Å². The number of rotatable bonds is 3. The summed E-state index contributed by atoms with van der Waals surface area (Å²) in [5.74, 6) is 0.787. The molecule has 1 aromatic heterocycles. The molecule has 0 aliphatic heterocycles. The maximum absolute atomic E-state index is 2.29. The monoisotopic (exact) mass is 168 g/mol. The average molecular weight is 168 g/mol. The standard InChI is InChI=1S/C10H16S/c1-4-9-6-11-7-10(9)5-8(2)3/h6-8H,4-5H2,1-3H3. The minimum atomic E-state index is 0.787. The summed E-state index contributed by atoms with van der Waals surface area (Å²) < 4.78 is 0. The Hall–Kier alpha value is -0.300. The molecule has 0 aromatic carbocycles. The van der Waals surface area contributed by atoms with Gasteiger partial charge >= 0.3 is 0 Å². The van der Waals surface area contributed by atoms with Gasteiger partial charge in [-0.3, -0.25) is 0 Å². The van der Waals surface area contributed by atoms with Crippen molar-refractivity contribution in [3.05, 3.63) is 21.9 Å². The molecular formula is C10H16S. The first kappa shape index (κ1) is 8.79. The zero-order valence-corrected chi connectivity index (χ0v) is 8.37. The summed E-state index contributed by atoms with van der Waals surface area (Å²) in [6.45, 7) is 6.78. The highest BCUT2D eigenvalue weighted by Crippen LogP contribution is 2.18. The normalized spacial score (nSPS) is 10.9. The number of thiophene rings is 1. The number of hydrogen-bond donors (Lipinski definition) is 0. The third-order valence-electron chi connectivity index (χ3n) is 1.84. The second-order valence-electron chi connectivity index (χ2n) is 3.37. The van der Waals surface area contributed by atoms with Gasteiger partial charge in [-0.05, 0) is 40.6 Å². The van der Waals surface area contributed by atoms with Crippen LogP contribution in [0.15, 0.2) is 10.8 Å². The lowest BCUT2D eigenvalue weighted by molar-refractivity contribution is 0.645. The molecule has 0 amide bonds. The van der Waals surface area contributed by atoms with E-state index in [9.17, 15) is 0 Å². The second-order valence-corrected chi connectivity index (χ2v) is 4.12. The Morgan fingerprint density at radius 3 is 2.45 bits per heavy atom. The fraction of sp³-hybridized carbons (Fsp3) is 0.600. The highest BCUT2D eigenvalue weighted by molar-refractivity contribution is 7.08. The molecule has 0 saturated carbocycles. The SMILES string of the molecule is CCc1cscc1CC(C)C. The lowest BCUT2D eigenvalue weighted by atomic mass is 10.0. The molecule has 0 aliphatic rings. The molecule has 0 saturated heterocycles. The molecule has 0 fully saturated rings. The van der Waals surface area contributed by atoms with E-state index < -0.39 is 0 Å². The Morgan fingerprint density at radius 1 is 1.27 bits per heavy atom. The molecule has 0 aliphatic carbocycles. The molecule has 1 rings (SSSR count). The molecule has 1 heterocycles. The Morgan fingerprint density at radius 2 is 1.91 bits per heavy atom. The van der Waals surface area contributed by atoms with Crippen LogP contribution in [0.4, 0.5) is 0 Å². The molecule has 0 bridgehead atoms. The zero-order valence-electron chi connectivity index (χ0n) is 7.55. The van der Waals surface area contributed by atoms with Gasteiger partial charge in [0.25, 0.3) is 0 Å². The van der Waals surface area contributed by atoms with Crippen LogP contribution in [0.25, 0.3) is 0 Å². The van der Waals surface area contributed by atoms with Gasteiger partial charge in [0.2, 0.25) is 0 Å². The number of hydrogen-bond acceptors (Lipinski definition) is 1. The van der Waals surface area contributed by atoms with Gasteiger partial charge in [0.1, 0.15) is 0 Å². The molecule has 0 radical (unpaired) electrons. The summed E-state index contributed by atoms with van der Waals surface area (Å²) in [6.07, 6.45) is 2.43. The van der Waals surface area contributed by atoms with Crippen LogP contribution in [-0.4, -0.2) is 0 Å². The molecule has 0 nitrogen and oxygen atoms in total. The van der Waals surface area contributed by atoms with Crippen molar-refractivity contribution in [2.45, 2.75) is 33.6 Å². The van der Waals surface area contributed by atoms with Crippen LogP contribution in [0.3, 0.4) is 0 Å². The quantitative estimate of drug-likeness (QED) is 0.648. The van der Waals surface area contributed by atoms with Crippen LogP contribution in [0.5, 0.6) is 0 Å². The molecule has 1 heteroatoms. The first-order chi connectivity index (χ1) is 5.24. The van der Waals surface area contributed by atoms with Gasteiger partial charge in [0.05, 0.1) is 0 Å². The van der Waals surface area contributed by atoms with Crippen LogP contribution in [-0.2, 0) is 12.8 Å². The minimum absolute atomic E-state index is 0.787. The maximum Gasteiger partial charge on any atom is -0.00583 e. The predicted octanol–water partition coefficient (Wildman–Crippen LogP) is 3.51. The Bertz CT molecular complexity index is 210. The van der Waals surface area contributed by atoms with Gasteiger partial charge in [-0.25, -0.2) is 0 Å². The third-order valence-corrected chi connectivity index (χ3v) is 2.68. The van der Waals surface area contributed by atoms with Crippen molar-refractivity contribution < 1.29 is 0 Å². The van der Waals surface area contributed by atoms with Crippen LogP contribution >= 0.6 is 11.3 Å². The van der Waals surface area contributed by atoms with Gasteiger partial charge in [-0.1, -0.05) is 20.8 Å². The molecule has 0 unspecified atom stereocenters. The molecule has 0 spiro atoms. The van der Waals surface area contributed by atoms with E-state index in [4.69, 9.17) is 0 Å². The summed E-state index contributed by atoms with van der Waals surface area (Å²) in [6, 6.07) is 0. The molecule has 11 heavy (non-hydrogen) atoms. The van der Waals surface area contributed by atoms with E-state index in [-0.39, 0.29) is 0 Å². The Balaban J connectivity index is 2.68. The lowest BCUT2D eigenvalue weighted by Gasteiger charge is -2.04. The van der Waals surface area contributed by atoms with Crippen LogP contribution in [0, 0.1) is 5.92 Å². The van der Waals surface area contributed by atoms with Crippen LogP contribution in [0.2, 0.25) is 0 Å². The molecular weight excluding hydrogens is 152 g/mol. The van der Waals surface area contributed by atoms with Crippen molar-refractivity contribution in [2.24, 2.45) is 5.92 Å². The van der Waals surface area contributed by atoms with E-state index in [1.165, 1.54) is 12.8 Å². The van der Waals surface area contributed by atoms with E-state index in [1.54, 1.807) is 11.1 Å². The van der Waals surface area contributed by atoms with Crippen molar-refractivity contribution in [1.82, 2.24) is 0 Å². The minimum Gasteiger partial charge on any atom is -0.152 e. The summed E-state index contributed by atoms with van der Waals surface area (Å²) in [4.78, 5) is 0. The van der Waals surface area contributed by atoms with E-state index in [2.05, 4.69) is 31.5 Å². The van der Waals surface area contributed by atoms with Gasteiger partial charge in [-0.15, -0.1) is 0 Å². The fourth-order valence-corrected chi connectivity index (χ4v) is 2.24.